The first-order valence-electron chi connectivity index (χ1n) is 16.0. The van der Waals surface area contributed by atoms with E-state index in [0.717, 1.165) is 45.8 Å². The Morgan fingerprint density at radius 3 is 2.36 bits per heavy atom. The van der Waals surface area contributed by atoms with E-state index >= 15 is 0 Å². The number of amides is 3. The number of aromatic nitrogens is 1. The summed E-state index contributed by atoms with van der Waals surface area (Å²) >= 11 is 3.58. The van der Waals surface area contributed by atoms with Crippen LogP contribution in [0, 0.1) is 23.2 Å². The van der Waals surface area contributed by atoms with Crippen molar-refractivity contribution in [3.8, 4) is 0 Å². The number of hydrogen-bond donors (Lipinski definition) is 3. The van der Waals surface area contributed by atoms with E-state index in [0.29, 0.717) is 30.7 Å². The molecule has 1 aliphatic heterocycles. The smallest absolute Gasteiger partial charge is 0.245 e. The molecule has 5 aliphatic rings. The van der Waals surface area contributed by atoms with Crippen LogP contribution >= 0.6 is 15.9 Å². The van der Waals surface area contributed by atoms with E-state index in [1.807, 2.05) is 54.7 Å². The van der Waals surface area contributed by atoms with Gasteiger partial charge in [0.05, 0.1) is 11.5 Å². The van der Waals surface area contributed by atoms with E-state index < -0.39 is 23.6 Å². The number of hydrogen-bond acceptors (Lipinski definition) is 4. The highest BCUT2D eigenvalue weighted by Crippen LogP contribution is 2.60. The molecule has 2 unspecified atom stereocenters. The molecule has 4 aliphatic carbocycles. The normalized spacial score (nSPS) is 29.6. The molecular weight excluding hydrogens is 620 g/mol. The number of H-pyrrole nitrogens is 1. The quantitative estimate of drug-likeness (QED) is 0.323. The zero-order valence-electron chi connectivity index (χ0n) is 25.2. The standard InChI is InChI=1S/C35H41BrN4O4/c1-39(19-24-6-2-4-8-28(24)36)33(43)30(13-25-18-37-29-9-5-3-7-27(25)29)38-32(42)31-14-26(41)20-40(31)34(44)35-15-21-10-22(16-35)12-23(11-21)17-35/h2-9,18,21-23,26,30-31,37,41H,10-17,19-20H2,1H3,(H,38,42)/t21?,22?,23?,26-,30?,31?,35?/m1/s1. The van der Waals surface area contributed by atoms with Crippen LogP contribution < -0.4 is 5.32 Å². The number of nitrogens with one attached hydrogen (secondary N) is 2. The number of likely N-dealkylation sites (N-methyl/N-ethyl adjacent to an activating group) is 1. The summed E-state index contributed by atoms with van der Waals surface area (Å²) in [6.45, 7) is 0.543. The summed E-state index contributed by atoms with van der Waals surface area (Å²) in [4.78, 5) is 49.0. The second-order valence-corrected chi connectivity index (χ2v) is 14.8. The maximum absolute atomic E-state index is 14.3. The molecule has 0 radical (unpaired) electrons. The second-order valence-electron chi connectivity index (χ2n) is 14.0. The number of carbonyl (C=O) groups excluding carboxylic acids is 3. The van der Waals surface area contributed by atoms with Crippen LogP contribution in [0.3, 0.4) is 0 Å². The number of para-hydroxylation sites is 1. The highest BCUT2D eigenvalue weighted by Gasteiger charge is 2.57. The molecule has 2 heterocycles. The summed E-state index contributed by atoms with van der Waals surface area (Å²) in [5.74, 6) is 1.26. The van der Waals surface area contributed by atoms with Gasteiger partial charge in [0.2, 0.25) is 17.7 Å². The molecule has 2 aromatic carbocycles. The molecule has 1 saturated heterocycles. The lowest BCUT2D eigenvalue weighted by atomic mass is 9.49. The van der Waals surface area contributed by atoms with Crippen LogP contribution in [0.25, 0.3) is 10.9 Å². The number of likely N-dealkylation sites (tertiary alicyclic amines) is 1. The molecular formula is C35H41BrN4O4. The zero-order valence-corrected chi connectivity index (χ0v) is 26.8. The summed E-state index contributed by atoms with van der Waals surface area (Å²) < 4.78 is 0.913. The molecule has 44 heavy (non-hydrogen) atoms. The molecule has 3 amide bonds. The van der Waals surface area contributed by atoms with Gasteiger partial charge in [-0.1, -0.05) is 52.3 Å². The predicted molar refractivity (Wildman–Crippen MR) is 171 cm³/mol. The van der Waals surface area contributed by atoms with Gasteiger partial charge in [0.25, 0.3) is 0 Å². The van der Waals surface area contributed by atoms with Crippen molar-refractivity contribution < 1.29 is 19.5 Å². The van der Waals surface area contributed by atoms with Crippen LogP contribution in [0.15, 0.2) is 59.2 Å². The van der Waals surface area contributed by atoms with E-state index in [1.165, 1.54) is 19.3 Å². The number of nitrogens with zero attached hydrogens (tertiary/aromatic N) is 2. The average molecular weight is 662 g/mol. The van der Waals surface area contributed by atoms with Crippen LogP contribution in [0.1, 0.15) is 56.1 Å². The molecule has 4 bridgehead atoms. The molecule has 4 saturated carbocycles. The third kappa shape index (κ3) is 5.47. The first-order valence-corrected chi connectivity index (χ1v) is 16.8. The number of rotatable bonds is 8. The van der Waals surface area contributed by atoms with Gasteiger partial charge in [0, 0.05) is 54.6 Å². The fourth-order valence-electron chi connectivity index (χ4n) is 9.18. The van der Waals surface area contributed by atoms with Crippen molar-refractivity contribution in [1.82, 2.24) is 20.1 Å². The number of benzene rings is 2. The Kier molecular flexibility index (Phi) is 7.81. The fourth-order valence-corrected chi connectivity index (χ4v) is 9.59. The van der Waals surface area contributed by atoms with E-state index in [9.17, 15) is 19.5 Å². The van der Waals surface area contributed by atoms with E-state index in [-0.39, 0.29) is 30.7 Å². The summed E-state index contributed by atoms with van der Waals surface area (Å²) in [6.07, 6.45) is 8.01. The number of carbonyl (C=O) groups is 3. The molecule has 3 aromatic rings. The highest BCUT2D eigenvalue weighted by molar-refractivity contribution is 9.10. The second kappa shape index (κ2) is 11.6. The van der Waals surface area contributed by atoms with Crippen molar-refractivity contribution in [2.45, 2.75) is 76.1 Å². The number of aliphatic hydroxyl groups excluding tert-OH is 1. The third-order valence-electron chi connectivity index (χ3n) is 10.8. The van der Waals surface area contributed by atoms with Gasteiger partial charge in [-0.05, 0) is 79.5 Å². The first-order chi connectivity index (χ1) is 21.2. The van der Waals surface area contributed by atoms with Gasteiger partial charge < -0.3 is 25.2 Å². The zero-order chi connectivity index (χ0) is 30.6. The van der Waals surface area contributed by atoms with Gasteiger partial charge in [0.15, 0.2) is 0 Å². The Morgan fingerprint density at radius 2 is 1.66 bits per heavy atom. The van der Waals surface area contributed by atoms with E-state index in [4.69, 9.17) is 0 Å². The maximum atomic E-state index is 14.3. The summed E-state index contributed by atoms with van der Waals surface area (Å²) in [5.41, 5.74) is 2.46. The van der Waals surface area contributed by atoms with Gasteiger partial charge in [-0.25, -0.2) is 0 Å². The third-order valence-corrected chi connectivity index (χ3v) is 11.6. The Morgan fingerprint density at radius 1 is 1.00 bits per heavy atom. The molecule has 5 fully saturated rings. The molecule has 0 spiro atoms. The molecule has 1 aromatic heterocycles. The number of aromatic amines is 1. The van der Waals surface area contributed by atoms with Gasteiger partial charge in [0.1, 0.15) is 12.1 Å². The van der Waals surface area contributed by atoms with Crippen molar-refractivity contribution in [3.63, 3.8) is 0 Å². The largest absolute Gasteiger partial charge is 0.391 e. The number of aliphatic hydroxyl groups is 1. The lowest BCUT2D eigenvalue weighted by Gasteiger charge is -2.56. The minimum absolute atomic E-state index is 0.0406. The van der Waals surface area contributed by atoms with Crippen LogP contribution in [-0.4, -0.2) is 69.4 Å². The Labute approximate surface area is 266 Å². The molecule has 8 rings (SSSR count). The van der Waals surface area contributed by atoms with Crippen molar-refractivity contribution in [2.24, 2.45) is 23.2 Å². The monoisotopic (exact) mass is 660 g/mol. The van der Waals surface area contributed by atoms with Gasteiger partial charge in [-0.3, -0.25) is 14.4 Å². The highest BCUT2D eigenvalue weighted by atomic mass is 79.9. The predicted octanol–water partition coefficient (Wildman–Crippen LogP) is 4.79. The minimum atomic E-state index is -0.844. The summed E-state index contributed by atoms with van der Waals surface area (Å²) in [5, 5.41) is 14.8. The number of halogens is 1. The van der Waals surface area contributed by atoms with Crippen LogP contribution in [0.2, 0.25) is 0 Å². The molecule has 9 heteroatoms. The first kappa shape index (κ1) is 29.5. The SMILES string of the molecule is CN(Cc1ccccc1Br)C(=O)C(Cc1c[nH]c2ccccc12)NC(=O)C1C[C@@H](O)CN1C(=O)C12CC3CC(CC(C3)C1)C2. The van der Waals surface area contributed by atoms with E-state index in [1.54, 1.807) is 16.8 Å². The van der Waals surface area contributed by atoms with Crippen molar-refractivity contribution in [3.05, 3.63) is 70.3 Å². The molecule has 8 nitrogen and oxygen atoms in total. The van der Waals surface area contributed by atoms with Crippen molar-refractivity contribution in [1.29, 1.82) is 0 Å². The molecule has 3 N–H and O–H groups in total. The van der Waals surface area contributed by atoms with Gasteiger partial charge in [-0.2, -0.15) is 0 Å². The average Bonchev–Trinajstić information content (AvgIpc) is 3.59. The van der Waals surface area contributed by atoms with Crippen LogP contribution in [0.4, 0.5) is 0 Å². The fraction of sp³-hybridized carbons (Fsp3) is 0.514. The summed E-state index contributed by atoms with van der Waals surface area (Å²) in [7, 11) is 1.75. The van der Waals surface area contributed by atoms with Crippen LogP contribution in [0.5, 0.6) is 0 Å². The van der Waals surface area contributed by atoms with Crippen molar-refractivity contribution in [2.75, 3.05) is 13.6 Å². The Balaban J connectivity index is 1.13. The van der Waals surface area contributed by atoms with E-state index in [2.05, 4.69) is 26.2 Å². The minimum Gasteiger partial charge on any atom is -0.391 e. The Hall–Kier alpha value is -3.17. The number of fused-ring (bicyclic) bond motifs is 1. The maximum Gasteiger partial charge on any atom is 0.245 e. The Bertz CT molecular complexity index is 1550. The van der Waals surface area contributed by atoms with Gasteiger partial charge >= 0.3 is 0 Å². The lowest BCUT2D eigenvalue weighted by molar-refractivity contribution is -0.160. The van der Waals surface area contributed by atoms with Crippen molar-refractivity contribution >= 4 is 44.6 Å². The van der Waals surface area contributed by atoms with Gasteiger partial charge in [-0.15, -0.1) is 0 Å². The van der Waals surface area contributed by atoms with Crippen LogP contribution in [-0.2, 0) is 27.3 Å². The molecule has 232 valence electrons. The number of β-amino-alcohol motifs (C(OH)–C–C–N with tert-alkyl or cyclic N) is 1. The molecule has 3 atom stereocenters. The lowest BCUT2D eigenvalue weighted by Crippen LogP contribution is -2.58. The topological polar surface area (TPSA) is 106 Å². The summed E-state index contributed by atoms with van der Waals surface area (Å²) in [6, 6.07) is 14.1.